The Bertz CT molecular complexity index is 531. The van der Waals surface area contributed by atoms with Gasteiger partial charge < -0.3 is 10.1 Å². The molecule has 2 nitrogen and oxygen atoms in total. The maximum atomic E-state index is 6.02. The molecule has 0 saturated carbocycles. The van der Waals surface area contributed by atoms with E-state index in [1.807, 2.05) is 36.4 Å². The zero-order valence-corrected chi connectivity index (χ0v) is 13.2. The van der Waals surface area contributed by atoms with Gasteiger partial charge >= 0.3 is 0 Å². The Hall–Kier alpha value is -1.22. The van der Waals surface area contributed by atoms with Crippen LogP contribution in [-0.4, -0.2) is 7.11 Å². The molecule has 0 aliphatic rings. The Labute approximate surface area is 131 Å². The zero-order valence-electron chi connectivity index (χ0n) is 11.6. The Morgan fingerprint density at radius 3 is 2.50 bits per heavy atom. The van der Waals surface area contributed by atoms with E-state index in [-0.39, 0.29) is 18.4 Å². The summed E-state index contributed by atoms with van der Waals surface area (Å²) >= 11 is 6.02. The largest absolute Gasteiger partial charge is 0.496 e. The highest BCUT2D eigenvalue weighted by Crippen LogP contribution is 2.23. The minimum atomic E-state index is 0. The Kier molecular flexibility index (Phi) is 6.86. The van der Waals surface area contributed by atoms with Crippen LogP contribution in [0.3, 0.4) is 0 Å². The third-order valence-corrected chi connectivity index (χ3v) is 3.38. The molecular weight excluding hydrogens is 293 g/mol. The number of hydrogen-bond donors (Lipinski definition) is 1. The lowest BCUT2D eigenvalue weighted by molar-refractivity contribution is 0.406. The molecule has 2 aromatic carbocycles. The number of nitrogens with one attached hydrogen (secondary N) is 1. The molecule has 0 aliphatic carbocycles. The van der Waals surface area contributed by atoms with Crippen molar-refractivity contribution in [1.29, 1.82) is 0 Å². The van der Waals surface area contributed by atoms with Gasteiger partial charge in [-0.25, -0.2) is 0 Å². The fourth-order valence-corrected chi connectivity index (χ4v) is 2.20. The molecule has 0 fully saturated rings. The van der Waals surface area contributed by atoms with Crippen molar-refractivity contribution in [2.75, 3.05) is 7.11 Å². The molecule has 108 valence electrons. The summed E-state index contributed by atoms with van der Waals surface area (Å²) in [7, 11) is 1.67. The summed E-state index contributed by atoms with van der Waals surface area (Å²) < 4.78 is 5.34. The fourth-order valence-electron chi connectivity index (χ4n) is 2.01. The molecule has 0 aliphatic heterocycles. The van der Waals surface area contributed by atoms with Crippen LogP contribution in [0.15, 0.2) is 48.5 Å². The van der Waals surface area contributed by atoms with Gasteiger partial charge in [0.1, 0.15) is 5.75 Å². The van der Waals surface area contributed by atoms with Gasteiger partial charge in [0.05, 0.1) is 7.11 Å². The normalized spacial score (nSPS) is 11.6. The van der Waals surface area contributed by atoms with Gasteiger partial charge in [0, 0.05) is 23.2 Å². The van der Waals surface area contributed by atoms with Gasteiger partial charge in [-0.05, 0) is 30.7 Å². The zero-order chi connectivity index (χ0) is 13.7. The monoisotopic (exact) mass is 311 g/mol. The Morgan fingerprint density at radius 1 is 1.15 bits per heavy atom. The van der Waals surface area contributed by atoms with E-state index in [1.54, 1.807) is 7.11 Å². The van der Waals surface area contributed by atoms with Crippen LogP contribution in [0.2, 0.25) is 5.02 Å². The smallest absolute Gasteiger partial charge is 0.123 e. The van der Waals surface area contributed by atoms with Crippen LogP contribution in [0.1, 0.15) is 24.1 Å². The van der Waals surface area contributed by atoms with Gasteiger partial charge in [0.15, 0.2) is 0 Å². The van der Waals surface area contributed by atoms with Gasteiger partial charge in [-0.15, -0.1) is 12.4 Å². The molecule has 4 heteroatoms. The lowest BCUT2D eigenvalue weighted by Gasteiger charge is -2.16. The van der Waals surface area contributed by atoms with Crippen LogP contribution in [0.4, 0.5) is 0 Å². The summed E-state index contributed by atoms with van der Waals surface area (Å²) in [6, 6.07) is 16.3. The van der Waals surface area contributed by atoms with Crippen molar-refractivity contribution in [3.8, 4) is 5.75 Å². The molecule has 0 radical (unpaired) electrons. The highest BCUT2D eigenvalue weighted by atomic mass is 35.5. The van der Waals surface area contributed by atoms with E-state index >= 15 is 0 Å². The molecule has 0 aromatic heterocycles. The summed E-state index contributed by atoms with van der Waals surface area (Å²) in [6.45, 7) is 2.87. The average molecular weight is 312 g/mol. The number of ether oxygens (including phenoxy) is 1. The number of halogens is 2. The third kappa shape index (κ3) is 4.41. The van der Waals surface area contributed by atoms with Gasteiger partial charge in [-0.2, -0.15) is 0 Å². The molecule has 0 heterocycles. The molecule has 20 heavy (non-hydrogen) atoms. The van der Waals surface area contributed by atoms with Crippen molar-refractivity contribution in [3.63, 3.8) is 0 Å². The first-order valence-corrected chi connectivity index (χ1v) is 6.69. The van der Waals surface area contributed by atoms with Crippen LogP contribution in [0.25, 0.3) is 0 Å². The van der Waals surface area contributed by atoms with E-state index in [0.717, 1.165) is 22.9 Å². The second kappa shape index (κ2) is 8.15. The second-order valence-corrected chi connectivity index (χ2v) is 4.91. The van der Waals surface area contributed by atoms with E-state index in [2.05, 4.69) is 24.4 Å². The quantitative estimate of drug-likeness (QED) is 0.870. The van der Waals surface area contributed by atoms with E-state index in [0.29, 0.717) is 0 Å². The van der Waals surface area contributed by atoms with Gasteiger partial charge in [-0.3, -0.25) is 0 Å². The van der Waals surface area contributed by atoms with Crippen molar-refractivity contribution in [2.45, 2.75) is 19.5 Å². The predicted molar refractivity (Wildman–Crippen MR) is 86.9 cm³/mol. The van der Waals surface area contributed by atoms with Crippen molar-refractivity contribution in [2.24, 2.45) is 0 Å². The molecule has 2 rings (SSSR count). The van der Waals surface area contributed by atoms with Gasteiger partial charge in [-0.1, -0.05) is 41.9 Å². The summed E-state index contributed by atoms with van der Waals surface area (Å²) in [6.07, 6.45) is 0. The molecular formula is C16H19Cl2NO. The fraction of sp³-hybridized carbons (Fsp3) is 0.250. The number of benzene rings is 2. The van der Waals surface area contributed by atoms with Crippen LogP contribution in [-0.2, 0) is 6.54 Å². The lowest BCUT2D eigenvalue weighted by atomic mass is 10.1. The van der Waals surface area contributed by atoms with Crippen LogP contribution >= 0.6 is 24.0 Å². The van der Waals surface area contributed by atoms with Gasteiger partial charge in [0.25, 0.3) is 0 Å². The predicted octanol–water partition coefficient (Wildman–Crippen LogP) is 4.62. The SMILES string of the molecule is COc1ccc(Cl)cc1CNC(C)c1ccccc1.Cl. The second-order valence-electron chi connectivity index (χ2n) is 4.47. The summed E-state index contributed by atoms with van der Waals surface area (Å²) in [5.74, 6) is 0.858. The number of methoxy groups -OCH3 is 1. The van der Waals surface area contributed by atoms with E-state index in [9.17, 15) is 0 Å². The molecule has 2 aromatic rings. The highest BCUT2D eigenvalue weighted by Gasteiger charge is 2.07. The average Bonchev–Trinajstić information content (AvgIpc) is 2.46. The van der Waals surface area contributed by atoms with Crippen LogP contribution < -0.4 is 10.1 Å². The van der Waals surface area contributed by atoms with Crippen LogP contribution in [0.5, 0.6) is 5.75 Å². The van der Waals surface area contributed by atoms with Crippen molar-refractivity contribution in [3.05, 3.63) is 64.7 Å². The molecule has 1 atom stereocenters. The summed E-state index contributed by atoms with van der Waals surface area (Å²) in [5, 5.41) is 4.21. The minimum absolute atomic E-state index is 0. The highest BCUT2D eigenvalue weighted by molar-refractivity contribution is 6.30. The standard InChI is InChI=1S/C16H18ClNO.ClH/c1-12(13-6-4-3-5-7-13)18-11-14-10-15(17)8-9-16(14)19-2;/h3-10,12,18H,11H2,1-2H3;1H. The first-order chi connectivity index (χ1) is 9.20. The number of hydrogen-bond acceptors (Lipinski definition) is 2. The Balaban J connectivity index is 0.00000200. The first kappa shape index (κ1) is 16.8. The minimum Gasteiger partial charge on any atom is -0.496 e. The van der Waals surface area contributed by atoms with E-state index in [1.165, 1.54) is 5.56 Å². The first-order valence-electron chi connectivity index (χ1n) is 6.31. The van der Waals surface area contributed by atoms with Crippen molar-refractivity contribution in [1.82, 2.24) is 5.32 Å². The molecule has 1 unspecified atom stereocenters. The molecule has 0 spiro atoms. The number of rotatable bonds is 5. The van der Waals surface area contributed by atoms with Gasteiger partial charge in [0.2, 0.25) is 0 Å². The van der Waals surface area contributed by atoms with Crippen molar-refractivity contribution >= 4 is 24.0 Å². The lowest BCUT2D eigenvalue weighted by Crippen LogP contribution is -2.18. The maximum Gasteiger partial charge on any atom is 0.123 e. The van der Waals surface area contributed by atoms with Crippen LogP contribution in [0, 0.1) is 0 Å². The molecule has 0 bridgehead atoms. The molecule has 1 N–H and O–H groups in total. The summed E-state index contributed by atoms with van der Waals surface area (Å²) in [5.41, 5.74) is 2.33. The topological polar surface area (TPSA) is 21.3 Å². The van der Waals surface area contributed by atoms with E-state index < -0.39 is 0 Å². The molecule has 0 saturated heterocycles. The summed E-state index contributed by atoms with van der Waals surface area (Å²) in [4.78, 5) is 0. The van der Waals surface area contributed by atoms with E-state index in [4.69, 9.17) is 16.3 Å². The van der Waals surface area contributed by atoms with Crippen molar-refractivity contribution < 1.29 is 4.74 Å². The third-order valence-electron chi connectivity index (χ3n) is 3.14. The Morgan fingerprint density at radius 2 is 1.85 bits per heavy atom. The molecule has 0 amide bonds. The maximum absolute atomic E-state index is 6.02.